The molecule has 0 amide bonds. The molecule has 2 rings (SSSR count). The fraction of sp³-hybridized carbons (Fsp3) is 0.333. The number of furan rings is 1. The maximum absolute atomic E-state index is 13.5. The minimum absolute atomic E-state index is 0.248. The Hall–Kier alpha value is -1.42. The van der Waals surface area contributed by atoms with Crippen LogP contribution < -0.4 is 5.32 Å². The lowest BCUT2D eigenvalue weighted by molar-refractivity contribution is 0.569. The summed E-state index contributed by atoms with van der Waals surface area (Å²) in [5, 5.41) is 3.52. The van der Waals surface area contributed by atoms with E-state index < -0.39 is 11.6 Å². The third-order valence-electron chi connectivity index (χ3n) is 2.37. The molecule has 0 radical (unpaired) electrons. The first-order chi connectivity index (χ1) is 7.58. The van der Waals surface area contributed by atoms with Crippen molar-refractivity contribution < 1.29 is 13.2 Å². The Kier molecular flexibility index (Phi) is 2.92. The zero-order valence-corrected chi connectivity index (χ0v) is 9.18. The molecule has 1 aromatic heterocycles. The van der Waals surface area contributed by atoms with Gasteiger partial charge in [0.15, 0.2) is 0 Å². The van der Waals surface area contributed by atoms with Gasteiger partial charge in [0.05, 0.1) is 11.6 Å². The molecule has 2 nitrogen and oxygen atoms in total. The summed E-state index contributed by atoms with van der Waals surface area (Å²) in [5.74, 6) is -1.20. The van der Waals surface area contributed by atoms with Gasteiger partial charge in [-0.25, -0.2) is 8.78 Å². The van der Waals surface area contributed by atoms with Crippen LogP contribution in [0.25, 0.3) is 11.0 Å². The van der Waals surface area contributed by atoms with Crippen molar-refractivity contribution in [2.75, 3.05) is 0 Å². The molecule has 1 aromatic carbocycles. The second kappa shape index (κ2) is 4.22. The van der Waals surface area contributed by atoms with Crippen molar-refractivity contribution in [2.24, 2.45) is 0 Å². The molecular formula is C12H13F2NO. The SMILES string of the molecule is CC(C)NCc1coc2cc(F)cc(F)c12. The molecule has 0 atom stereocenters. The van der Waals surface area contributed by atoms with Crippen LogP contribution in [0.4, 0.5) is 8.78 Å². The van der Waals surface area contributed by atoms with Crippen molar-refractivity contribution in [3.63, 3.8) is 0 Å². The molecule has 0 fully saturated rings. The standard InChI is InChI=1S/C12H13F2NO/c1-7(2)15-5-8-6-16-11-4-9(13)3-10(14)12(8)11/h3-4,6-7,15H,5H2,1-2H3. The van der Waals surface area contributed by atoms with Crippen LogP contribution in [-0.4, -0.2) is 6.04 Å². The lowest BCUT2D eigenvalue weighted by atomic mass is 10.1. The van der Waals surface area contributed by atoms with E-state index in [0.29, 0.717) is 23.5 Å². The second-order valence-corrected chi connectivity index (χ2v) is 4.06. The molecule has 0 saturated heterocycles. The van der Waals surface area contributed by atoms with Crippen LogP contribution in [0.15, 0.2) is 22.8 Å². The van der Waals surface area contributed by atoms with Crippen LogP contribution in [0.1, 0.15) is 19.4 Å². The summed E-state index contributed by atoms with van der Waals surface area (Å²) in [6, 6.07) is 2.36. The third-order valence-corrected chi connectivity index (χ3v) is 2.37. The zero-order valence-electron chi connectivity index (χ0n) is 9.18. The van der Waals surface area contributed by atoms with E-state index in [9.17, 15) is 8.78 Å². The molecule has 0 spiro atoms. The quantitative estimate of drug-likeness (QED) is 0.867. The highest BCUT2D eigenvalue weighted by Crippen LogP contribution is 2.25. The molecule has 1 heterocycles. The molecule has 4 heteroatoms. The monoisotopic (exact) mass is 225 g/mol. The van der Waals surface area contributed by atoms with E-state index in [0.717, 1.165) is 6.07 Å². The first-order valence-corrected chi connectivity index (χ1v) is 5.16. The highest BCUT2D eigenvalue weighted by atomic mass is 19.1. The van der Waals surface area contributed by atoms with E-state index in [4.69, 9.17) is 4.42 Å². The van der Waals surface area contributed by atoms with Crippen LogP contribution >= 0.6 is 0 Å². The van der Waals surface area contributed by atoms with Crippen molar-refractivity contribution in [1.29, 1.82) is 0 Å². The van der Waals surface area contributed by atoms with Crippen LogP contribution in [-0.2, 0) is 6.54 Å². The van der Waals surface area contributed by atoms with Gasteiger partial charge in [-0.15, -0.1) is 0 Å². The average Bonchev–Trinajstić information content (AvgIpc) is 2.57. The van der Waals surface area contributed by atoms with E-state index in [2.05, 4.69) is 5.32 Å². The van der Waals surface area contributed by atoms with Crippen LogP contribution in [0.5, 0.6) is 0 Å². The van der Waals surface area contributed by atoms with Crippen molar-refractivity contribution >= 4 is 11.0 Å². The van der Waals surface area contributed by atoms with E-state index in [1.165, 1.54) is 12.3 Å². The Balaban J connectivity index is 2.40. The summed E-state index contributed by atoms with van der Waals surface area (Å²) in [4.78, 5) is 0. The second-order valence-electron chi connectivity index (χ2n) is 4.06. The molecule has 1 N–H and O–H groups in total. The summed E-state index contributed by atoms with van der Waals surface area (Å²) in [5.41, 5.74) is 0.958. The largest absolute Gasteiger partial charge is 0.464 e. The van der Waals surface area contributed by atoms with Gasteiger partial charge in [0, 0.05) is 30.3 Å². The van der Waals surface area contributed by atoms with E-state index in [-0.39, 0.29) is 5.58 Å². The molecular weight excluding hydrogens is 212 g/mol. The first kappa shape index (κ1) is 11.1. The minimum Gasteiger partial charge on any atom is -0.464 e. The Morgan fingerprint density at radius 2 is 2.06 bits per heavy atom. The Bertz CT molecular complexity index is 505. The Morgan fingerprint density at radius 1 is 1.31 bits per heavy atom. The van der Waals surface area contributed by atoms with Gasteiger partial charge in [-0.1, -0.05) is 13.8 Å². The maximum Gasteiger partial charge on any atom is 0.140 e. The van der Waals surface area contributed by atoms with Crippen LogP contribution in [0.3, 0.4) is 0 Å². The zero-order chi connectivity index (χ0) is 11.7. The van der Waals surface area contributed by atoms with Crippen molar-refractivity contribution in [3.8, 4) is 0 Å². The average molecular weight is 225 g/mol. The topological polar surface area (TPSA) is 25.2 Å². The van der Waals surface area contributed by atoms with Crippen molar-refractivity contribution in [3.05, 3.63) is 35.6 Å². The van der Waals surface area contributed by atoms with Gasteiger partial charge in [-0.2, -0.15) is 0 Å². The van der Waals surface area contributed by atoms with Gasteiger partial charge in [0.25, 0.3) is 0 Å². The number of hydrogen-bond acceptors (Lipinski definition) is 2. The molecule has 86 valence electrons. The number of nitrogens with one attached hydrogen (secondary N) is 1. The number of hydrogen-bond donors (Lipinski definition) is 1. The predicted octanol–water partition coefficient (Wildman–Crippen LogP) is 3.21. The summed E-state index contributed by atoms with van der Waals surface area (Å²) in [7, 11) is 0. The maximum atomic E-state index is 13.5. The van der Waals surface area contributed by atoms with Crippen LogP contribution in [0, 0.1) is 11.6 Å². The van der Waals surface area contributed by atoms with E-state index in [1.54, 1.807) is 0 Å². The van der Waals surface area contributed by atoms with Gasteiger partial charge in [0.2, 0.25) is 0 Å². The molecule has 0 aliphatic heterocycles. The number of rotatable bonds is 3. The van der Waals surface area contributed by atoms with Gasteiger partial charge in [-0.05, 0) is 0 Å². The van der Waals surface area contributed by atoms with Gasteiger partial charge < -0.3 is 9.73 Å². The van der Waals surface area contributed by atoms with Crippen molar-refractivity contribution in [2.45, 2.75) is 26.4 Å². The van der Waals surface area contributed by atoms with Gasteiger partial charge in [0.1, 0.15) is 17.2 Å². The lowest BCUT2D eigenvalue weighted by Gasteiger charge is -2.06. The summed E-state index contributed by atoms with van der Waals surface area (Å²) in [6.07, 6.45) is 1.46. The van der Waals surface area contributed by atoms with Gasteiger partial charge in [-0.3, -0.25) is 0 Å². The molecule has 16 heavy (non-hydrogen) atoms. The first-order valence-electron chi connectivity index (χ1n) is 5.16. The lowest BCUT2D eigenvalue weighted by Crippen LogP contribution is -2.21. The third kappa shape index (κ3) is 2.07. The molecule has 0 aliphatic rings. The molecule has 0 bridgehead atoms. The summed E-state index contributed by atoms with van der Waals surface area (Å²) >= 11 is 0. The summed E-state index contributed by atoms with van der Waals surface area (Å²) < 4.78 is 31.6. The number of halogens is 2. The predicted molar refractivity (Wildman–Crippen MR) is 58.1 cm³/mol. The highest BCUT2D eigenvalue weighted by Gasteiger charge is 2.12. The fourth-order valence-corrected chi connectivity index (χ4v) is 1.59. The number of benzene rings is 1. The van der Waals surface area contributed by atoms with Crippen molar-refractivity contribution in [1.82, 2.24) is 5.32 Å². The van der Waals surface area contributed by atoms with Crippen LogP contribution in [0.2, 0.25) is 0 Å². The minimum atomic E-state index is -0.622. The normalized spacial score (nSPS) is 11.6. The fourth-order valence-electron chi connectivity index (χ4n) is 1.59. The molecule has 0 aliphatic carbocycles. The molecule has 2 aromatic rings. The van der Waals surface area contributed by atoms with Gasteiger partial charge >= 0.3 is 0 Å². The summed E-state index contributed by atoms with van der Waals surface area (Å²) in [6.45, 7) is 4.50. The van der Waals surface area contributed by atoms with E-state index in [1.807, 2.05) is 13.8 Å². The molecule has 0 unspecified atom stereocenters. The number of fused-ring (bicyclic) bond motifs is 1. The Morgan fingerprint density at radius 3 is 2.75 bits per heavy atom. The smallest absolute Gasteiger partial charge is 0.140 e. The Labute approximate surface area is 92.2 Å². The highest BCUT2D eigenvalue weighted by molar-refractivity contribution is 5.81. The molecule has 0 saturated carbocycles. The van der Waals surface area contributed by atoms with E-state index >= 15 is 0 Å².